The number of para-hydroxylation sites is 1. The van der Waals surface area contributed by atoms with Crippen molar-refractivity contribution in [3.63, 3.8) is 0 Å². The Bertz CT molecular complexity index is 5680. The van der Waals surface area contributed by atoms with Crippen molar-refractivity contribution in [2.45, 2.75) is 410 Å². The average Bonchev–Trinajstić information content (AvgIpc) is 1.61. The average molecular weight is 1990 g/mol. The van der Waals surface area contributed by atoms with Crippen LogP contribution < -0.4 is 11.1 Å². The van der Waals surface area contributed by atoms with Crippen molar-refractivity contribution in [3.05, 3.63) is 158 Å². The van der Waals surface area contributed by atoms with Crippen LogP contribution in [0.15, 0.2) is 79.3 Å². The number of nitrogens with zero attached hydrogens (tertiary/aromatic N) is 16. The lowest BCUT2D eigenvalue weighted by atomic mass is 9.78. The topological polar surface area (TPSA) is 332 Å². The molecular weight excluding hydrogens is 1830 g/mol. The first-order valence-electron chi connectivity index (χ1n) is 55.9. The fourth-order valence-corrected chi connectivity index (χ4v) is 31.7. The zero-order chi connectivity index (χ0) is 101. The number of carbonyl (C=O) groups is 7. The Hall–Kier alpha value is -10.4. The first-order chi connectivity index (χ1) is 70.1. The second-order valence-corrected chi connectivity index (χ2v) is 47.0. The normalized spacial score (nSPS) is 31.3. The maximum Gasteiger partial charge on any atom is 0.413 e. The molecule has 2 aromatic carbocycles. The first kappa shape index (κ1) is 103. The van der Waals surface area contributed by atoms with E-state index < -0.39 is 0 Å². The second kappa shape index (κ2) is 45.8. The van der Waals surface area contributed by atoms with Gasteiger partial charge < -0.3 is 68.0 Å². The summed E-state index contributed by atoms with van der Waals surface area (Å²) in [5.41, 5.74) is 17.4. The Morgan fingerprint density at radius 1 is 0.441 bits per heavy atom. The van der Waals surface area contributed by atoms with Crippen LogP contribution in [0.3, 0.4) is 0 Å². The number of hydrogen-bond acceptors (Lipinski definition) is 19. The van der Waals surface area contributed by atoms with Crippen LogP contribution in [0.4, 0.5) is 20.1 Å². The molecule has 30 nitrogen and oxygen atoms in total. The summed E-state index contributed by atoms with van der Waals surface area (Å²) in [5.74, 6) is 14.6. The summed E-state index contributed by atoms with van der Waals surface area (Å²) in [6, 6.07) is 26.2. The highest BCUT2D eigenvalue weighted by atomic mass is 16.6. The molecular formula is C115H162N18O12. The van der Waals surface area contributed by atoms with Crippen molar-refractivity contribution in [3.8, 4) is 0 Å². The molecule has 784 valence electrons. The molecule has 3 N–H and O–H groups in total. The predicted octanol–water partition coefficient (Wildman–Crippen LogP) is 20.4. The number of amides is 6. The molecule has 16 bridgehead atoms. The highest BCUT2D eigenvalue weighted by Gasteiger charge is 2.49. The van der Waals surface area contributed by atoms with Crippen LogP contribution >= 0.6 is 0 Å². The lowest BCUT2D eigenvalue weighted by Crippen LogP contribution is -2.46. The number of imidazole rings is 4. The summed E-state index contributed by atoms with van der Waals surface area (Å²) in [5, 5.41) is 14.7. The van der Waals surface area contributed by atoms with Crippen LogP contribution in [0.25, 0.3) is 17.1 Å². The van der Waals surface area contributed by atoms with Gasteiger partial charge in [-0.05, 0) is 304 Å². The molecule has 8 saturated heterocycles. The van der Waals surface area contributed by atoms with E-state index in [1.54, 1.807) is 55.3 Å². The molecule has 6 amide bonds. The van der Waals surface area contributed by atoms with Gasteiger partial charge in [0.1, 0.15) is 34.6 Å². The lowest BCUT2D eigenvalue weighted by Gasteiger charge is -2.40. The number of nitrogens with two attached hydrogens (primary N) is 1. The molecule has 16 unspecified atom stereocenters. The molecule has 0 spiro atoms. The van der Waals surface area contributed by atoms with Crippen molar-refractivity contribution in [1.82, 2.24) is 77.9 Å². The van der Waals surface area contributed by atoms with E-state index >= 15 is 0 Å². The van der Waals surface area contributed by atoms with Gasteiger partial charge in [-0.15, -0.1) is 0 Å². The Labute approximate surface area is 857 Å². The van der Waals surface area contributed by atoms with Crippen molar-refractivity contribution >= 4 is 64.6 Å². The number of benzene rings is 2. The van der Waals surface area contributed by atoms with Crippen molar-refractivity contribution in [2.24, 2.45) is 64.9 Å². The summed E-state index contributed by atoms with van der Waals surface area (Å²) in [4.78, 5) is 127. The number of piperidine rings is 4. The first-order valence-corrected chi connectivity index (χ1v) is 55.9. The van der Waals surface area contributed by atoms with Gasteiger partial charge in [0.2, 0.25) is 17.7 Å². The quantitative estimate of drug-likeness (QED) is 0.0730. The van der Waals surface area contributed by atoms with Crippen molar-refractivity contribution in [2.75, 3.05) is 34.4 Å². The van der Waals surface area contributed by atoms with Gasteiger partial charge in [0.05, 0.1) is 80.4 Å². The number of methoxy groups -OCH3 is 3. The van der Waals surface area contributed by atoms with Gasteiger partial charge in [0.15, 0.2) is 0 Å². The minimum atomic E-state index is -0.373. The van der Waals surface area contributed by atoms with Gasteiger partial charge >= 0.3 is 18.3 Å². The smallest absolute Gasteiger partial charge is 0.413 e. The number of nitro benzene ring substituents is 1. The molecule has 30 heteroatoms. The molecule has 5 aromatic heterocycles. The molecule has 145 heavy (non-hydrogen) atoms. The Balaban J connectivity index is 0.000000107. The summed E-state index contributed by atoms with van der Waals surface area (Å²) < 4.78 is 24.0. The van der Waals surface area contributed by atoms with E-state index in [2.05, 4.69) is 105 Å². The number of ketones is 1. The standard InChI is InChI=1S/C18H26N4O3.C18H24N4O3.C16H24N4O2.C16H20N4O.C16H22.C15H19NO2.C8H15N.C8H12O/c2*1-11-19-16-10-20(18(24)25-3)7-6-17(16)21(11)15-8-13-4-5-14(9-15)22(13)12(2)23;1-10-17-14-9-19(16(21)22-2)6-5-15(14)20(10)13-7-11-3-4-12(8-13)18-11;1-10-18-15-9-17-6-5-16(15)19(10)14-7-12-3-4-13(8-14)20(12)11(2)21;1-2-4-13(5-3-1)6-7-14-10-15-8-9-16(11-14)12-15;17-16(18)15-4-2-1-3-14(15)10-13-8-11-5-6-12(7-11)9-13;2*9-8-4-6-1-2-7(3-6)5-8/h13-15H,4-10H2,1-3H3;6-7,13-15H,4-5,8-10H2,1-3H3;11-13,18H,3-9H2,1-2H3;5-6,9,12-14H,3-4,7-8H2,1-2H3;1-5,14-16H,6-12H2;1-4,11-13H,5-10H2;6-8H,1-5,9H2;6-7H,1-5H2. The van der Waals surface area contributed by atoms with E-state index in [4.69, 9.17) is 34.9 Å². The highest BCUT2D eigenvalue weighted by molar-refractivity contribution is 5.80. The zero-order valence-corrected chi connectivity index (χ0v) is 88.0. The summed E-state index contributed by atoms with van der Waals surface area (Å²) in [7, 11) is 4.24. The number of Topliss-reactive ketones (excluding diaryl/α,β-unsaturated/α-hetero) is 1. The predicted molar refractivity (Wildman–Crippen MR) is 556 cm³/mol. The van der Waals surface area contributed by atoms with Gasteiger partial charge in [0, 0.05) is 174 Å². The van der Waals surface area contributed by atoms with Crippen LogP contribution in [-0.4, -0.2) is 208 Å². The molecule has 16 fully saturated rings. The maximum absolute atomic E-state index is 11.9. The molecule has 26 rings (SSSR count). The molecule has 0 radical (unpaired) electrons. The van der Waals surface area contributed by atoms with Gasteiger partial charge in [0.25, 0.3) is 5.69 Å². The van der Waals surface area contributed by atoms with Gasteiger partial charge in [-0.25, -0.2) is 34.3 Å². The van der Waals surface area contributed by atoms with E-state index in [9.17, 15) is 43.7 Å². The molecule has 19 aliphatic rings. The molecule has 7 aromatic rings. The third-order valence-corrected chi connectivity index (χ3v) is 37.4. The monoisotopic (exact) mass is 1990 g/mol. The third-order valence-electron chi connectivity index (χ3n) is 37.4. The lowest BCUT2D eigenvalue weighted by molar-refractivity contribution is -0.385. The van der Waals surface area contributed by atoms with E-state index in [0.29, 0.717) is 122 Å². The zero-order valence-electron chi connectivity index (χ0n) is 88.0. The van der Waals surface area contributed by atoms with Crippen LogP contribution in [0.5, 0.6) is 0 Å². The summed E-state index contributed by atoms with van der Waals surface area (Å²) >= 11 is 0. The van der Waals surface area contributed by atoms with Gasteiger partial charge in [-0.1, -0.05) is 87.1 Å². The second-order valence-electron chi connectivity index (χ2n) is 47.0. The summed E-state index contributed by atoms with van der Waals surface area (Å²) in [6.07, 6.45) is 56.9. The van der Waals surface area contributed by atoms with Gasteiger partial charge in [-0.2, -0.15) is 0 Å². The molecule has 8 aliphatic carbocycles. The molecule has 16 atom stereocenters. The number of carbonyl (C=O) groups excluding carboxylic acids is 7. The Morgan fingerprint density at radius 2 is 0.855 bits per heavy atom. The number of nitrogens with one attached hydrogen (secondary N) is 1. The largest absolute Gasteiger partial charge is 0.453 e. The number of aryl methyl sites for hydroxylation is 5. The maximum atomic E-state index is 11.9. The summed E-state index contributed by atoms with van der Waals surface area (Å²) in [6.45, 7) is 16.3. The van der Waals surface area contributed by atoms with E-state index in [1.807, 2.05) is 37.5 Å². The van der Waals surface area contributed by atoms with E-state index in [1.165, 1.54) is 196 Å². The van der Waals surface area contributed by atoms with Crippen LogP contribution in [-0.2, 0) is 78.7 Å². The number of nitro groups is 1. The van der Waals surface area contributed by atoms with Crippen molar-refractivity contribution in [1.29, 1.82) is 0 Å². The van der Waals surface area contributed by atoms with Crippen LogP contribution in [0.2, 0.25) is 0 Å². The fourth-order valence-electron chi connectivity index (χ4n) is 31.7. The van der Waals surface area contributed by atoms with Crippen LogP contribution in [0, 0.1) is 97.0 Å². The SMILES string of the molecule is CC(=O)N1C2CCC1CC(n1c(C)nc3cnccc31)C2.COC(=O)N1C=Cc2c(nc(C)n2C2CC3CCC(C2)N3C(C)=O)C1.COC(=O)N1CCc2c(nc(C)n2C2CC3CCC(C2)N3)C1.COC(=O)N1CCc2c(nc(C)n2C2CC3CCC(C2)N3C(C)=O)C1.NC1CC2CCC(C1)C2.O=C1CC2CCC(C1)C2.O=[N+]([O-])c1ccccc1CC1CC2CCC(C2)C1.c1ccc(CCC2CC3CCC(C2)C3)cc1. The number of pyridine rings is 1. The van der Waals surface area contributed by atoms with Crippen LogP contribution in [0.1, 0.15) is 351 Å². The molecule has 8 saturated carbocycles. The molecule has 11 aliphatic heterocycles. The Morgan fingerprint density at radius 3 is 1.33 bits per heavy atom. The van der Waals surface area contributed by atoms with Gasteiger partial charge in [-0.3, -0.25) is 39.2 Å². The number of rotatable bonds is 10. The van der Waals surface area contributed by atoms with Crippen molar-refractivity contribution < 1.29 is 52.7 Å². The fraction of sp³-hybridized carbons (Fsp3) is 0.687. The van der Waals surface area contributed by atoms with E-state index in [0.717, 1.165) is 226 Å². The number of aromatic nitrogens is 9. The third kappa shape index (κ3) is 23.5. The minimum Gasteiger partial charge on any atom is -0.453 e. The van der Waals surface area contributed by atoms with E-state index in [-0.39, 0.29) is 40.9 Å². The number of ether oxygens (including phenoxy) is 3. The molecule has 16 heterocycles. The highest BCUT2D eigenvalue weighted by Crippen LogP contribution is 2.52. The Kier molecular flexibility index (Phi) is 32.6. The minimum absolute atomic E-state index is 0.198. The number of hydrogen-bond donors (Lipinski definition) is 2. The number of fused-ring (bicyclic) bond motifs is 20.